The Morgan fingerprint density at radius 3 is 3.17 bits per heavy atom. The van der Waals surface area contributed by atoms with Crippen LogP contribution in [0.3, 0.4) is 0 Å². The molecule has 4 nitrogen and oxygen atoms in total. The van der Waals surface area contributed by atoms with Gasteiger partial charge in [0.15, 0.2) is 0 Å². The lowest BCUT2D eigenvalue weighted by molar-refractivity contribution is -0.114. The molecule has 4 heteroatoms. The maximum Gasteiger partial charge on any atom is 0.117 e. The zero-order valence-corrected chi connectivity index (χ0v) is 10.9. The summed E-state index contributed by atoms with van der Waals surface area (Å²) in [6.07, 6.45) is 4.53. The van der Waals surface area contributed by atoms with Crippen molar-refractivity contribution in [3.63, 3.8) is 0 Å². The van der Waals surface area contributed by atoms with Crippen molar-refractivity contribution in [2.24, 2.45) is 0 Å². The summed E-state index contributed by atoms with van der Waals surface area (Å²) in [4.78, 5) is 2.48. The lowest BCUT2D eigenvalue weighted by atomic mass is 10.1. The predicted molar refractivity (Wildman–Crippen MR) is 67.3 cm³/mol. The van der Waals surface area contributed by atoms with Gasteiger partial charge in [-0.1, -0.05) is 0 Å². The first kappa shape index (κ1) is 12.2. The fourth-order valence-electron chi connectivity index (χ4n) is 3.18. The number of hydrogen-bond donors (Lipinski definition) is 0. The molecule has 18 heavy (non-hydrogen) atoms. The van der Waals surface area contributed by atoms with E-state index < -0.39 is 0 Å². The van der Waals surface area contributed by atoms with Crippen LogP contribution in [0.5, 0.6) is 0 Å². The van der Waals surface area contributed by atoms with E-state index in [1.54, 1.807) is 6.26 Å². The fourth-order valence-corrected chi connectivity index (χ4v) is 3.18. The number of ether oxygens (including phenoxy) is 2. The molecule has 1 aromatic rings. The molecular formula is C14H21NO3. The molecule has 1 aromatic heterocycles. The highest BCUT2D eigenvalue weighted by molar-refractivity contribution is 5.02. The van der Waals surface area contributed by atoms with Crippen molar-refractivity contribution >= 4 is 0 Å². The van der Waals surface area contributed by atoms with Crippen LogP contribution in [0.4, 0.5) is 0 Å². The number of hydrogen-bond acceptors (Lipinski definition) is 4. The van der Waals surface area contributed by atoms with Gasteiger partial charge in [-0.05, 0) is 31.9 Å². The van der Waals surface area contributed by atoms with Crippen molar-refractivity contribution in [1.29, 1.82) is 0 Å². The van der Waals surface area contributed by atoms with Crippen LogP contribution in [0, 0.1) is 0 Å². The summed E-state index contributed by atoms with van der Waals surface area (Å²) >= 11 is 0. The molecule has 2 heterocycles. The maximum absolute atomic E-state index is 5.92. The zero-order valence-electron chi connectivity index (χ0n) is 10.9. The SMILES string of the molecule is CCO[C@@H]1CC[C@H]2[C@H]1OCCN2Cc1ccco1. The van der Waals surface area contributed by atoms with Gasteiger partial charge in [-0.2, -0.15) is 0 Å². The van der Waals surface area contributed by atoms with E-state index in [1.807, 2.05) is 12.1 Å². The van der Waals surface area contributed by atoms with Gasteiger partial charge >= 0.3 is 0 Å². The highest BCUT2D eigenvalue weighted by Crippen LogP contribution is 2.32. The Morgan fingerprint density at radius 1 is 1.44 bits per heavy atom. The van der Waals surface area contributed by atoms with Crippen LogP contribution in [0.1, 0.15) is 25.5 Å². The molecule has 0 bridgehead atoms. The Morgan fingerprint density at radius 2 is 2.39 bits per heavy atom. The third-order valence-electron chi connectivity index (χ3n) is 3.97. The van der Waals surface area contributed by atoms with E-state index in [0.717, 1.165) is 44.9 Å². The van der Waals surface area contributed by atoms with Gasteiger partial charge in [-0.3, -0.25) is 4.90 Å². The topological polar surface area (TPSA) is 34.8 Å². The first-order valence-electron chi connectivity index (χ1n) is 6.88. The van der Waals surface area contributed by atoms with Crippen LogP contribution in [0.25, 0.3) is 0 Å². The Balaban J connectivity index is 1.66. The third-order valence-corrected chi connectivity index (χ3v) is 3.97. The number of furan rings is 1. The molecule has 0 spiro atoms. The van der Waals surface area contributed by atoms with E-state index in [4.69, 9.17) is 13.9 Å². The highest BCUT2D eigenvalue weighted by atomic mass is 16.5. The van der Waals surface area contributed by atoms with Gasteiger partial charge in [0.25, 0.3) is 0 Å². The lowest BCUT2D eigenvalue weighted by Crippen LogP contribution is -2.51. The summed E-state index contributed by atoms with van der Waals surface area (Å²) in [7, 11) is 0. The molecule has 0 aromatic carbocycles. The summed E-state index contributed by atoms with van der Waals surface area (Å²) < 4.78 is 17.1. The van der Waals surface area contributed by atoms with Crippen LogP contribution in [0.15, 0.2) is 22.8 Å². The standard InChI is InChI=1S/C14H21NO3/c1-2-16-13-6-5-12-14(13)18-9-7-15(12)10-11-4-3-8-17-11/h3-4,8,12-14H,2,5-7,9-10H2,1H3/t12-,13+,14+/m0/s1. The van der Waals surface area contributed by atoms with Gasteiger partial charge < -0.3 is 13.9 Å². The molecule has 0 N–H and O–H groups in total. The van der Waals surface area contributed by atoms with E-state index in [-0.39, 0.29) is 12.2 Å². The second-order valence-electron chi connectivity index (χ2n) is 5.02. The van der Waals surface area contributed by atoms with Crippen molar-refractivity contribution in [3.05, 3.63) is 24.2 Å². The molecule has 2 aliphatic rings. The van der Waals surface area contributed by atoms with Crippen LogP contribution in [-0.2, 0) is 16.0 Å². The Bertz CT molecular complexity index is 365. The first-order chi connectivity index (χ1) is 8.88. The van der Waals surface area contributed by atoms with Crippen LogP contribution in [0.2, 0.25) is 0 Å². The van der Waals surface area contributed by atoms with Crippen LogP contribution < -0.4 is 0 Å². The van der Waals surface area contributed by atoms with Gasteiger partial charge in [-0.15, -0.1) is 0 Å². The van der Waals surface area contributed by atoms with Gasteiger partial charge in [0.05, 0.1) is 31.6 Å². The van der Waals surface area contributed by atoms with E-state index in [2.05, 4.69) is 11.8 Å². The molecule has 3 atom stereocenters. The number of rotatable bonds is 4. The van der Waals surface area contributed by atoms with Gasteiger partial charge in [0.2, 0.25) is 0 Å². The van der Waals surface area contributed by atoms with Crippen LogP contribution in [-0.4, -0.2) is 42.9 Å². The molecule has 1 saturated carbocycles. The Labute approximate surface area is 108 Å². The summed E-state index contributed by atoms with van der Waals surface area (Å²) in [5.41, 5.74) is 0. The van der Waals surface area contributed by atoms with Crippen molar-refractivity contribution in [1.82, 2.24) is 4.90 Å². The normalized spacial score (nSPS) is 32.6. The van der Waals surface area contributed by atoms with Gasteiger partial charge in [-0.25, -0.2) is 0 Å². The minimum Gasteiger partial charge on any atom is -0.468 e. The highest BCUT2D eigenvalue weighted by Gasteiger charge is 2.43. The largest absolute Gasteiger partial charge is 0.468 e. The summed E-state index contributed by atoms with van der Waals surface area (Å²) in [6, 6.07) is 4.48. The van der Waals surface area contributed by atoms with Crippen molar-refractivity contribution in [2.75, 3.05) is 19.8 Å². The number of nitrogens with zero attached hydrogens (tertiary/aromatic N) is 1. The Hall–Kier alpha value is -0.840. The summed E-state index contributed by atoms with van der Waals surface area (Å²) in [6.45, 7) is 5.49. The second kappa shape index (κ2) is 5.43. The predicted octanol–water partition coefficient (Wildman–Crippen LogP) is 2.05. The van der Waals surface area contributed by atoms with Gasteiger partial charge in [0, 0.05) is 19.2 Å². The molecular weight excluding hydrogens is 230 g/mol. The maximum atomic E-state index is 5.92. The average molecular weight is 251 g/mol. The molecule has 1 aliphatic heterocycles. The summed E-state index contributed by atoms with van der Waals surface area (Å²) in [5.74, 6) is 1.04. The van der Waals surface area contributed by atoms with Crippen molar-refractivity contribution < 1.29 is 13.9 Å². The third kappa shape index (κ3) is 2.32. The molecule has 0 amide bonds. The van der Waals surface area contributed by atoms with Gasteiger partial charge in [0.1, 0.15) is 5.76 Å². The molecule has 3 rings (SSSR count). The molecule has 0 radical (unpaired) electrons. The van der Waals surface area contributed by atoms with Crippen LogP contribution >= 0.6 is 0 Å². The minimum absolute atomic E-state index is 0.244. The molecule has 1 aliphatic carbocycles. The molecule has 0 unspecified atom stereocenters. The molecule has 100 valence electrons. The quantitative estimate of drug-likeness (QED) is 0.820. The second-order valence-corrected chi connectivity index (χ2v) is 5.02. The average Bonchev–Trinajstić information content (AvgIpc) is 3.01. The number of fused-ring (bicyclic) bond motifs is 1. The molecule has 1 saturated heterocycles. The van der Waals surface area contributed by atoms with E-state index in [0.29, 0.717) is 6.04 Å². The summed E-state index contributed by atoms with van der Waals surface area (Å²) in [5, 5.41) is 0. The van der Waals surface area contributed by atoms with E-state index >= 15 is 0 Å². The molecule has 2 fully saturated rings. The van der Waals surface area contributed by atoms with E-state index in [1.165, 1.54) is 0 Å². The van der Waals surface area contributed by atoms with E-state index in [9.17, 15) is 0 Å². The monoisotopic (exact) mass is 251 g/mol. The Kier molecular flexibility index (Phi) is 3.68. The minimum atomic E-state index is 0.244. The fraction of sp³-hybridized carbons (Fsp3) is 0.714. The van der Waals surface area contributed by atoms with Crippen molar-refractivity contribution in [2.45, 2.75) is 44.6 Å². The smallest absolute Gasteiger partial charge is 0.117 e. The first-order valence-corrected chi connectivity index (χ1v) is 6.88. The lowest BCUT2D eigenvalue weighted by Gasteiger charge is -2.38. The van der Waals surface area contributed by atoms with Crippen molar-refractivity contribution in [3.8, 4) is 0 Å². The number of morpholine rings is 1. The zero-order chi connectivity index (χ0) is 12.4.